The van der Waals surface area contributed by atoms with E-state index >= 15 is 0 Å². The molecule has 0 atom stereocenters. The summed E-state index contributed by atoms with van der Waals surface area (Å²) in [6.45, 7) is 6.67. The van der Waals surface area contributed by atoms with Gasteiger partial charge in [-0.05, 0) is 28.2 Å². The summed E-state index contributed by atoms with van der Waals surface area (Å²) in [6.07, 6.45) is 2.60. The largest absolute Gasteiger partial charge is 0.342 e. The Kier molecular flexibility index (Phi) is 4.27. The number of nitrogens with zero attached hydrogens (tertiary/aromatic N) is 1. The normalized spacial score (nSPS) is 11.7. The van der Waals surface area contributed by atoms with Crippen molar-refractivity contribution in [3.8, 4) is 11.3 Å². The van der Waals surface area contributed by atoms with Crippen LogP contribution in [0.1, 0.15) is 37.7 Å². The number of rotatable bonds is 3. The van der Waals surface area contributed by atoms with Gasteiger partial charge in [0.25, 0.3) is 0 Å². The van der Waals surface area contributed by atoms with Crippen LogP contribution in [-0.2, 0) is 11.8 Å². The quantitative estimate of drug-likeness (QED) is 0.665. The Bertz CT molecular complexity index is 795. The molecule has 0 bridgehead atoms. The monoisotopic (exact) mass is 324 g/mol. The fourth-order valence-electron chi connectivity index (χ4n) is 2.57. The Morgan fingerprint density at radius 2 is 1.70 bits per heavy atom. The highest BCUT2D eigenvalue weighted by molar-refractivity contribution is 6.31. The minimum atomic E-state index is 0.168. The van der Waals surface area contributed by atoms with Crippen LogP contribution >= 0.6 is 11.6 Å². The van der Waals surface area contributed by atoms with Crippen LogP contribution in [0, 0.1) is 0 Å². The molecule has 118 valence electrons. The highest BCUT2D eigenvalue weighted by Crippen LogP contribution is 2.26. The predicted octanol–water partition coefficient (Wildman–Crippen LogP) is 5.62. The molecule has 0 fully saturated rings. The van der Waals surface area contributed by atoms with Gasteiger partial charge in [-0.15, -0.1) is 0 Å². The molecule has 1 aromatic heterocycles. The molecule has 0 amide bonds. The van der Waals surface area contributed by atoms with Crippen LogP contribution in [0.2, 0.25) is 5.02 Å². The fraction of sp³-hybridized carbons (Fsp3) is 0.250. The van der Waals surface area contributed by atoms with E-state index in [1.807, 2.05) is 30.5 Å². The van der Waals surface area contributed by atoms with E-state index in [2.05, 4.69) is 55.0 Å². The zero-order valence-electron chi connectivity index (χ0n) is 13.7. The maximum atomic E-state index is 6.22. The van der Waals surface area contributed by atoms with Crippen LogP contribution in [-0.4, -0.2) is 9.97 Å². The summed E-state index contributed by atoms with van der Waals surface area (Å²) in [6, 6.07) is 16.5. The van der Waals surface area contributed by atoms with E-state index in [9.17, 15) is 0 Å². The Morgan fingerprint density at radius 3 is 2.35 bits per heavy atom. The maximum absolute atomic E-state index is 6.22. The Hall–Kier alpha value is -2.06. The third-order valence-electron chi connectivity index (χ3n) is 4.01. The first-order valence-corrected chi connectivity index (χ1v) is 8.19. The molecule has 0 aliphatic heterocycles. The Labute approximate surface area is 142 Å². The van der Waals surface area contributed by atoms with Gasteiger partial charge >= 0.3 is 0 Å². The number of aromatic amines is 1. The first-order valence-electron chi connectivity index (χ1n) is 7.82. The van der Waals surface area contributed by atoms with Crippen molar-refractivity contribution < 1.29 is 0 Å². The van der Waals surface area contributed by atoms with E-state index in [1.165, 1.54) is 5.56 Å². The van der Waals surface area contributed by atoms with Gasteiger partial charge in [0, 0.05) is 11.4 Å². The molecule has 3 aromatic rings. The molecule has 23 heavy (non-hydrogen) atoms. The van der Waals surface area contributed by atoms with Crippen molar-refractivity contribution in [1.29, 1.82) is 0 Å². The van der Waals surface area contributed by atoms with Gasteiger partial charge in [-0.25, -0.2) is 4.98 Å². The van der Waals surface area contributed by atoms with E-state index in [1.54, 1.807) is 0 Å². The van der Waals surface area contributed by atoms with Gasteiger partial charge in [-0.1, -0.05) is 74.8 Å². The molecule has 0 radical (unpaired) electrons. The highest BCUT2D eigenvalue weighted by atomic mass is 35.5. The topological polar surface area (TPSA) is 28.7 Å². The van der Waals surface area contributed by atoms with Crippen molar-refractivity contribution in [3.63, 3.8) is 0 Å². The molecular formula is C20H21ClN2. The smallest absolute Gasteiger partial charge is 0.110 e. The molecule has 2 nitrogen and oxygen atoms in total. The molecule has 0 aliphatic rings. The number of benzene rings is 2. The van der Waals surface area contributed by atoms with Crippen LogP contribution in [0.5, 0.6) is 0 Å². The van der Waals surface area contributed by atoms with Crippen LogP contribution in [0.3, 0.4) is 0 Å². The first kappa shape index (κ1) is 15.8. The number of aromatic nitrogens is 2. The summed E-state index contributed by atoms with van der Waals surface area (Å²) in [4.78, 5) is 7.88. The summed E-state index contributed by atoms with van der Waals surface area (Å²) in [5.41, 5.74) is 4.76. The summed E-state index contributed by atoms with van der Waals surface area (Å²) >= 11 is 6.22. The van der Waals surface area contributed by atoms with Crippen molar-refractivity contribution >= 4 is 11.6 Å². The number of nitrogens with one attached hydrogen (secondary N) is 1. The molecule has 0 aliphatic carbocycles. The van der Waals surface area contributed by atoms with Gasteiger partial charge in [-0.2, -0.15) is 0 Å². The number of imidazole rings is 1. The molecule has 2 aromatic carbocycles. The summed E-state index contributed by atoms with van der Waals surface area (Å²) in [5.74, 6) is 0.924. The lowest BCUT2D eigenvalue weighted by Crippen LogP contribution is -2.10. The number of H-pyrrole nitrogens is 1. The van der Waals surface area contributed by atoms with E-state index < -0.39 is 0 Å². The molecule has 0 unspecified atom stereocenters. The predicted molar refractivity (Wildman–Crippen MR) is 97.0 cm³/mol. The number of hydrogen-bond acceptors (Lipinski definition) is 1. The van der Waals surface area contributed by atoms with Crippen LogP contribution in [0.25, 0.3) is 11.3 Å². The lowest BCUT2D eigenvalue weighted by molar-refractivity contribution is 0.590. The van der Waals surface area contributed by atoms with Crippen LogP contribution in [0.4, 0.5) is 0 Å². The van der Waals surface area contributed by atoms with E-state index in [0.717, 1.165) is 27.7 Å². The minimum absolute atomic E-state index is 0.168. The van der Waals surface area contributed by atoms with Crippen molar-refractivity contribution in [3.05, 3.63) is 76.7 Å². The average molecular weight is 325 g/mol. The molecule has 3 rings (SSSR count). The second kappa shape index (κ2) is 6.21. The standard InChI is InChI=1S/C20H21ClN2/c1-20(2,3)16-10-8-14(9-11-16)18-13-22-19(23-18)12-15-6-4-5-7-17(15)21/h4-11,13H,12H2,1-3H3,(H,22,23). The van der Waals surface area contributed by atoms with E-state index in [0.29, 0.717) is 6.42 Å². The zero-order chi connectivity index (χ0) is 16.4. The molecule has 1 heterocycles. The Morgan fingerprint density at radius 1 is 1.00 bits per heavy atom. The summed E-state index contributed by atoms with van der Waals surface area (Å²) < 4.78 is 0. The fourth-order valence-corrected chi connectivity index (χ4v) is 2.77. The summed E-state index contributed by atoms with van der Waals surface area (Å²) in [7, 11) is 0. The van der Waals surface area contributed by atoms with Gasteiger partial charge in [-0.3, -0.25) is 0 Å². The third-order valence-corrected chi connectivity index (χ3v) is 4.37. The molecule has 1 N–H and O–H groups in total. The third kappa shape index (κ3) is 3.65. The van der Waals surface area contributed by atoms with Crippen LogP contribution in [0.15, 0.2) is 54.7 Å². The molecular weight excluding hydrogens is 304 g/mol. The molecule has 3 heteroatoms. The van der Waals surface area contributed by atoms with E-state index in [-0.39, 0.29) is 5.41 Å². The highest BCUT2D eigenvalue weighted by Gasteiger charge is 2.13. The van der Waals surface area contributed by atoms with Crippen molar-refractivity contribution in [2.45, 2.75) is 32.6 Å². The zero-order valence-corrected chi connectivity index (χ0v) is 14.5. The second-order valence-corrected chi connectivity index (χ2v) is 7.25. The van der Waals surface area contributed by atoms with Gasteiger partial charge in [0.1, 0.15) is 5.82 Å². The van der Waals surface area contributed by atoms with E-state index in [4.69, 9.17) is 11.6 Å². The average Bonchev–Trinajstić information content (AvgIpc) is 2.97. The van der Waals surface area contributed by atoms with Crippen molar-refractivity contribution in [2.24, 2.45) is 0 Å². The van der Waals surface area contributed by atoms with Gasteiger partial charge in [0.15, 0.2) is 0 Å². The lowest BCUT2D eigenvalue weighted by atomic mass is 9.86. The molecule has 0 saturated carbocycles. The second-order valence-electron chi connectivity index (χ2n) is 6.84. The number of hydrogen-bond donors (Lipinski definition) is 1. The van der Waals surface area contributed by atoms with Crippen molar-refractivity contribution in [2.75, 3.05) is 0 Å². The SMILES string of the molecule is CC(C)(C)c1ccc(-c2cnc(Cc3ccccc3Cl)[nH]2)cc1. The Balaban J connectivity index is 1.81. The molecule has 0 spiro atoms. The number of halogens is 1. The van der Waals surface area contributed by atoms with Gasteiger partial charge < -0.3 is 4.98 Å². The molecule has 0 saturated heterocycles. The first-order chi connectivity index (χ1) is 10.9. The van der Waals surface area contributed by atoms with Crippen molar-refractivity contribution in [1.82, 2.24) is 9.97 Å². The van der Waals surface area contributed by atoms with Gasteiger partial charge in [0.05, 0.1) is 11.9 Å². The minimum Gasteiger partial charge on any atom is -0.342 e. The summed E-state index contributed by atoms with van der Waals surface area (Å²) in [5, 5.41) is 0.778. The van der Waals surface area contributed by atoms with Crippen LogP contribution < -0.4 is 0 Å². The lowest BCUT2D eigenvalue weighted by Gasteiger charge is -2.18. The maximum Gasteiger partial charge on any atom is 0.110 e. The van der Waals surface area contributed by atoms with Gasteiger partial charge in [0.2, 0.25) is 0 Å².